The lowest BCUT2D eigenvalue weighted by Crippen LogP contribution is -2.37. The van der Waals surface area contributed by atoms with E-state index in [1.807, 2.05) is 6.07 Å². The van der Waals surface area contributed by atoms with Gasteiger partial charge in [-0.1, -0.05) is 25.0 Å². The SMILES string of the molecule is CCOC(=O)CCCCCCNC(=O)NC1CC1c1cccc(F)c1. The van der Waals surface area contributed by atoms with Gasteiger partial charge in [0.15, 0.2) is 0 Å². The van der Waals surface area contributed by atoms with E-state index in [9.17, 15) is 14.0 Å². The van der Waals surface area contributed by atoms with E-state index in [1.165, 1.54) is 12.1 Å². The van der Waals surface area contributed by atoms with E-state index in [1.54, 1.807) is 13.0 Å². The third-order valence-electron chi connectivity index (χ3n) is 4.28. The van der Waals surface area contributed by atoms with Gasteiger partial charge in [-0.25, -0.2) is 9.18 Å². The van der Waals surface area contributed by atoms with Gasteiger partial charge in [0.1, 0.15) is 5.82 Å². The van der Waals surface area contributed by atoms with Crippen LogP contribution in [0.1, 0.15) is 56.9 Å². The fourth-order valence-electron chi connectivity index (χ4n) is 2.86. The van der Waals surface area contributed by atoms with Crippen molar-refractivity contribution in [2.45, 2.75) is 57.4 Å². The minimum Gasteiger partial charge on any atom is -0.466 e. The number of hydrogen-bond acceptors (Lipinski definition) is 3. The maximum absolute atomic E-state index is 13.2. The summed E-state index contributed by atoms with van der Waals surface area (Å²) < 4.78 is 18.1. The Balaban J connectivity index is 1.49. The van der Waals surface area contributed by atoms with Gasteiger partial charge >= 0.3 is 12.0 Å². The molecule has 25 heavy (non-hydrogen) atoms. The van der Waals surface area contributed by atoms with E-state index in [0.29, 0.717) is 19.6 Å². The lowest BCUT2D eigenvalue weighted by molar-refractivity contribution is -0.143. The van der Waals surface area contributed by atoms with E-state index in [2.05, 4.69) is 10.6 Å². The van der Waals surface area contributed by atoms with Crippen LogP contribution in [0.25, 0.3) is 0 Å². The Hall–Kier alpha value is -2.11. The Morgan fingerprint density at radius 3 is 2.80 bits per heavy atom. The number of carbonyl (C=O) groups excluding carboxylic acids is 2. The van der Waals surface area contributed by atoms with E-state index >= 15 is 0 Å². The van der Waals surface area contributed by atoms with Crippen LogP contribution in [0.4, 0.5) is 9.18 Å². The van der Waals surface area contributed by atoms with E-state index in [-0.39, 0.29) is 29.8 Å². The summed E-state index contributed by atoms with van der Waals surface area (Å²) in [6, 6.07) is 6.46. The van der Waals surface area contributed by atoms with Gasteiger partial charge in [0.25, 0.3) is 0 Å². The van der Waals surface area contributed by atoms with Crippen molar-refractivity contribution in [3.05, 3.63) is 35.6 Å². The van der Waals surface area contributed by atoms with Crippen LogP contribution in [0.15, 0.2) is 24.3 Å². The number of carbonyl (C=O) groups is 2. The van der Waals surface area contributed by atoms with Gasteiger partial charge in [-0.15, -0.1) is 0 Å². The fourth-order valence-corrected chi connectivity index (χ4v) is 2.86. The Morgan fingerprint density at radius 2 is 2.04 bits per heavy atom. The minimum absolute atomic E-state index is 0.0892. The molecule has 2 unspecified atom stereocenters. The van der Waals surface area contributed by atoms with Crippen molar-refractivity contribution in [2.75, 3.05) is 13.2 Å². The molecule has 0 aromatic heterocycles. The van der Waals surface area contributed by atoms with Gasteiger partial charge in [-0.3, -0.25) is 4.79 Å². The highest BCUT2D eigenvalue weighted by Gasteiger charge is 2.39. The number of rotatable bonds is 10. The van der Waals surface area contributed by atoms with Crippen LogP contribution < -0.4 is 10.6 Å². The number of halogens is 1. The minimum atomic E-state index is -0.240. The molecule has 2 amide bonds. The van der Waals surface area contributed by atoms with E-state index < -0.39 is 0 Å². The first-order chi connectivity index (χ1) is 12.1. The van der Waals surface area contributed by atoms with Crippen LogP contribution in [0.5, 0.6) is 0 Å². The van der Waals surface area contributed by atoms with Crippen molar-refractivity contribution < 1.29 is 18.7 Å². The summed E-state index contributed by atoms with van der Waals surface area (Å²) in [6.07, 6.45) is 4.94. The largest absolute Gasteiger partial charge is 0.466 e. The molecule has 1 aromatic carbocycles. The number of amides is 2. The molecule has 0 aliphatic heterocycles. The second kappa shape index (κ2) is 10.0. The molecule has 6 heteroatoms. The molecule has 0 saturated heterocycles. The number of nitrogens with one attached hydrogen (secondary N) is 2. The molecule has 2 rings (SSSR count). The predicted molar refractivity (Wildman–Crippen MR) is 93.8 cm³/mol. The zero-order chi connectivity index (χ0) is 18.1. The molecule has 138 valence electrons. The quantitative estimate of drug-likeness (QED) is 0.501. The van der Waals surface area contributed by atoms with Gasteiger partial charge in [-0.05, 0) is 43.9 Å². The van der Waals surface area contributed by atoms with Crippen LogP contribution in [-0.4, -0.2) is 31.2 Å². The molecule has 1 aliphatic rings. The van der Waals surface area contributed by atoms with Crippen molar-refractivity contribution in [2.24, 2.45) is 0 Å². The number of esters is 1. The van der Waals surface area contributed by atoms with Crippen LogP contribution in [0.2, 0.25) is 0 Å². The standard InChI is InChI=1S/C19H27FN2O3/c1-2-25-18(23)10-5-3-4-6-11-21-19(24)22-17-13-16(17)14-8-7-9-15(20)12-14/h7-9,12,16-17H,2-6,10-11,13H2,1H3,(H2,21,22,24). The number of unbranched alkanes of at least 4 members (excludes halogenated alkanes) is 3. The molecule has 1 aliphatic carbocycles. The highest BCUT2D eigenvalue weighted by atomic mass is 19.1. The van der Waals surface area contributed by atoms with Gasteiger partial charge in [0.2, 0.25) is 0 Å². The third-order valence-corrected chi connectivity index (χ3v) is 4.28. The van der Waals surface area contributed by atoms with Gasteiger partial charge in [-0.2, -0.15) is 0 Å². The Bertz CT molecular complexity index is 580. The summed E-state index contributed by atoms with van der Waals surface area (Å²) >= 11 is 0. The number of benzene rings is 1. The van der Waals surface area contributed by atoms with Crippen LogP contribution in [0.3, 0.4) is 0 Å². The molecular formula is C19H27FN2O3. The van der Waals surface area contributed by atoms with Crippen molar-refractivity contribution in [1.82, 2.24) is 10.6 Å². The molecular weight excluding hydrogens is 323 g/mol. The van der Waals surface area contributed by atoms with Crippen molar-refractivity contribution in [1.29, 1.82) is 0 Å². The summed E-state index contributed by atoms with van der Waals surface area (Å²) in [5, 5.41) is 5.76. The highest BCUT2D eigenvalue weighted by molar-refractivity contribution is 5.74. The Morgan fingerprint density at radius 1 is 1.24 bits per heavy atom. The molecule has 0 spiro atoms. The van der Waals surface area contributed by atoms with E-state index in [0.717, 1.165) is 37.7 Å². The zero-order valence-corrected chi connectivity index (χ0v) is 14.7. The Labute approximate surface area is 148 Å². The first-order valence-corrected chi connectivity index (χ1v) is 9.05. The zero-order valence-electron chi connectivity index (χ0n) is 14.7. The van der Waals surface area contributed by atoms with Crippen molar-refractivity contribution in [3.8, 4) is 0 Å². The molecule has 0 radical (unpaired) electrons. The molecule has 0 bridgehead atoms. The maximum Gasteiger partial charge on any atom is 0.315 e. The van der Waals surface area contributed by atoms with Gasteiger partial charge in [0, 0.05) is 24.9 Å². The van der Waals surface area contributed by atoms with Crippen molar-refractivity contribution >= 4 is 12.0 Å². The first-order valence-electron chi connectivity index (χ1n) is 9.05. The van der Waals surface area contributed by atoms with Gasteiger partial charge in [0.05, 0.1) is 6.61 Å². The number of ether oxygens (including phenoxy) is 1. The van der Waals surface area contributed by atoms with Crippen LogP contribution >= 0.6 is 0 Å². The molecule has 2 atom stereocenters. The van der Waals surface area contributed by atoms with E-state index in [4.69, 9.17) is 4.74 Å². The molecule has 0 heterocycles. The van der Waals surface area contributed by atoms with Crippen LogP contribution in [0, 0.1) is 5.82 Å². The number of urea groups is 1. The second-order valence-corrected chi connectivity index (χ2v) is 6.37. The van der Waals surface area contributed by atoms with Gasteiger partial charge < -0.3 is 15.4 Å². The number of hydrogen-bond donors (Lipinski definition) is 2. The normalized spacial score (nSPS) is 18.5. The molecule has 5 nitrogen and oxygen atoms in total. The van der Waals surface area contributed by atoms with Crippen LogP contribution in [-0.2, 0) is 9.53 Å². The summed E-state index contributed by atoms with van der Waals surface area (Å²) in [6.45, 7) is 2.85. The third kappa shape index (κ3) is 7.11. The smallest absolute Gasteiger partial charge is 0.315 e. The highest BCUT2D eigenvalue weighted by Crippen LogP contribution is 2.40. The predicted octanol–water partition coefficient (Wildman–Crippen LogP) is 3.49. The molecule has 2 N–H and O–H groups in total. The summed E-state index contributed by atoms with van der Waals surface area (Å²) in [7, 11) is 0. The second-order valence-electron chi connectivity index (χ2n) is 6.37. The lowest BCUT2D eigenvalue weighted by Gasteiger charge is -2.07. The lowest BCUT2D eigenvalue weighted by atomic mass is 10.1. The maximum atomic E-state index is 13.2. The monoisotopic (exact) mass is 350 g/mol. The first kappa shape index (κ1) is 19.2. The average molecular weight is 350 g/mol. The fraction of sp³-hybridized carbons (Fsp3) is 0.579. The average Bonchev–Trinajstić information content (AvgIpc) is 3.33. The topological polar surface area (TPSA) is 67.4 Å². The molecule has 1 fully saturated rings. The summed E-state index contributed by atoms with van der Waals surface area (Å²) in [5.41, 5.74) is 0.937. The Kier molecular flexibility index (Phi) is 7.70. The molecule has 1 saturated carbocycles. The molecule has 1 aromatic rings. The van der Waals surface area contributed by atoms with Crippen molar-refractivity contribution in [3.63, 3.8) is 0 Å². The summed E-state index contributed by atoms with van der Waals surface area (Å²) in [4.78, 5) is 23.0. The summed E-state index contributed by atoms with van der Waals surface area (Å²) in [5.74, 6) is -0.169.